The first kappa shape index (κ1) is 15.2. The number of hydrogen-bond acceptors (Lipinski definition) is 4. The largest absolute Gasteiger partial charge is 0.336 e. The van der Waals surface area contributed by atoms with Crippen LogP contribution in [0.2, 0.25) is 0 Å². The van der Waals surface area contributed by atoms with Crippen molar-refractivity contribution in [3.63, 3.8) is 0 Å². The van der Waals surface area contributed by atoms with Gasteiger partial charge in [0.15, 0.2) is 0 Å². The Kier molecular flexibility index (Phi) is 3.86. The van der Waals surface area contributed by atoms with Crippen molar-refractivity contribution < 1.29 is 9.32 Å². The maximum atomic E-state index is 12.7. The van der Waals surface area contributed by atoms with E-state index in [9.17, 15) is 4.79 Å². The van der Waals surface area contributed by atoms with Gasteiger partial charge < -0.3 is 9.84 Å². The van der Waals surface area contributed by atoms with Crippen molar-refractivity contribution in [3.8, 4) is 0 Å². The average Bonchev–Trinajstić information content (AvgIpc) is 2.90. The van der Waals surface area contributed by atoms with E-state index in [0.29, 0.717) is 22.4 Å². The molecule has 0 bridgehead atoms. The number of carbonyl (C=O) groups is 1. The quantitative estimate of drug-likeness (QED) is 0.786. The molecule has 1 amide bonds. The average molecular weight is 309 g/mol. The fourth-order valence-electron chi connectivity index (χ4n) is 2.42. The first-order chi connectivity index (χ1) is 11.0. The second-order valence-electron chi connectivity index (χ2n) is 6.02. The lowest BCUT2D eigenvalue weighted by Crippen LogP contribution is -2.13. The smallest absolute Gasteiger partial charge is 0.259 e. The van der Waals surface area contributed by atoms with Crippen LogP contribution in [0.1, 0.15) is 47.1 Å². The number of carbonyl (C=O) groups excluding carboxylic acids is 1. The number of amides is 1. The Bertz CT molecular complexity index is 864. The molecule has 3 aromatic rings. The minimum atomic E-state index is -0.186. The number of aromatic nitrogens is 2. The van der Waals surface area contributed by atoms with Gasteiger partial charge in [-0.2, -0.15) is 0 Å². The number of pyridine rings is 1. The van der Waals surface area contributed by atoms with Gasteiger partial charge in [0.25, 0.3) is 11.6 Å². The summed E-state index contributed by atoms with van der Waals surface area (Å²) < 4.78 is 5.26. The van der Waals surface area contributed by atoms with Crippen LogP contribution in [0.4, 0.5) is 5.69 Å². The molecule has 0 spiro atoms. The lowest BCUT2D eigenvalue weighted by Gasteiger charge is -2.10. The third-order valence-electron chi connectivity index (χ3n) is 3.78. The van der Waals surface area contributed by atoms with Crippen molar-refractivity contribution in [2.45, 2.75) is 33.6 Å². The van der Waals surface area contributed by atoms with Crippen LogP contribution in [0.15, 0.2) is 34.9 Å². The zero-order valence-corrected chi connectivity index (χ0v) is 13.7. The van der Waals surface area contributed by atoms with E-state index in [1.54, 1.807) is 0 Å². The van der Waals surface area contributed by atoms with Gasteiger partial charge in [-0.05, 0) is 38.0 Å². The lowest BCUT2D eigenvalue weighted by atomic mass is 10.0. The van der Waals surface area contributed by atoms with Gasteiger partial charge in [-0.15, -0.1) is 0 Å². The first-order valence-electron chi connectivity index (χ1n) is 7.60. The van der Waals surface area contributed by atoms with Gasteiger partial charge in [-0.3, -0.25) is 4.79 Å². The second kappa shape index (κ2) is 5.83. The Morgan fingerprint density at radius 1 is 1.17 bits per heavy atom. The van der Waals surface area contributed by atoms with E-state index < -0.39 is 0 Å². The number of nitrogens with zero attached hydrogens (tertiary/aromatic N) is 2. The van der Waals surface area contributed by atoms with Crippen molar-refractivity contribution in [2.75, 3.05) is 5.32 Å². The molecule has 1 aromatic carbocycles. The Hall–Kier alpha value is -2.69. The normalized spacial score (nSPS) is 11.2. The highest BCUT2D eigenvalue weighted by Gasteiger charge is 2.19. The maximum Gasteiger partial charge on any atom is 0.259 e. The molecule has 0 saturated heterocycles. The van der Waals surface area contributed by atoms with Crippen molar-refractivity contribution in [1.29, 1.82) is 0 Å². The van der Waals surface area contributed by atoms with Gasteiger partial charge in [0.1, 0.15) is 0 Å². The number of rotatable bonds is 3. The summed E-state index contributed by atoms with van der Waals surface area (Å²) in [6.07, 6.45) is 0. The fraction of sp³-hybridized carbons (Fsp3) is 0.278. The molecule has 2 heterocycles. The Morgan fingerprint density at radius 2 is 1.87 bits per heavy atom. The van der Waals surface area contributed by atoms with E-state index in [0.717, 1.165) is 16.9 Å². The van der Waals surface area contributed by atoms with E-state index in [2.05, 4.69) is 15.5 Å². The summed E-state index contributed by atoms with van der Waals surface area (Å²) >= 11 is 0. The standard InChI is InChI=1S/C18H19N3O2/c1-10(2)15-9-14(16-12(4)21-23-18(16)20-15)17(22)19-13-7-5-11(3)6-8-13/h5-10H,1-4H3,(H,19,22). The molecule has 5 nitrogen and oxygen atoms in total. The van der Waals surface area contributed by atoms with Gasteiger partial charge in [0.2, 0.25) is 0 Å². The summed E-state index contributed by atoms with van der Waals surface area (Å²) in [4.78, 5) is 17.2. The van der Waals surface area contributed by atoms with Crippen molar-refractivity contribution in [2.24, 2.45) is 0 Å². The van der Waals surface area contributed by atoms with E-state index in [4.69, 9.17) is 4.52 Å². The Balaban J connectivity index is 2.04. The molecule has 0 radical (unpaired) electrons. The van der Waals surface area contributed by atoms with Gasteiger partial charge in [-0.25, -0.2) is 4.98 Å². The van der Waals surface area contributed by atoms with Gasteiger partial charge >= 0.3 is 0 Å². The number of anilines is 1. The highest BCUT2D eigenvalue weighted by Crippen LogP contribution is 2.25. The number of hydrogen-bond donors (Lipinski definition) is 1. The van der Waals surface area contributed by atoms with Crippen LogP contribution in [-0.4, -0.2) is 16.0 Å². The van der Waals surface area contributed by atoms with Crippen LogP contribution < -0.4 is 5.32 Å². The fourth-order valence-corrected chi connectivity index (χ4v) is 2.42. The number of fused-ring (bicyclic) bond motifs is 1. The Labute approximate surface area is 134 Å². The minimum Gasteiger partial charge on any atom is -0.336 e. The van der Waals surface area contributed by atoms with Crippen LogP contribution in [0.25, 0.3) is 11.1 Å². The van der Waals surface area contributed by atoms with Gasteiger partial charge in [-0.1, -0.05) is 36.7 Å². The summed E-state index contributed by atoms with van der Waals surface area (Å²) in [7, 11) is 0. The van der Waals surface area contributed by atoms with Gasteiger partial charge in [0.05, 0.1) is 16.6 Å². The lowest BCUT2D eigenvalue weighted by molar-refractivity contribution is 0.102. The molecule has 0 unspecified atom stereocenters. The summed E-state index contributed by atoms with van der Waals surface area (Å²) in [5.41, 5.74) is 4.32. The van der Waals surface area contributed by atoms with E-state index in [1.165, 1.54) is 0 Å². The zero-order valence-electron chi connectivity index (χ0n) is 13.7. The minimum absolute atomic E-state index is 0.186. The van der Waals surface area contributed by atoms with Crippen LogP contribution in [0, 0.1) is 13.8 Å². The molecule has 0 atom stereocenters. The zero-order chi connectivity index (χ0) is 16.6. The third-order valence-corrected chi connectivity index (χ3v) is 3.78. The molecule has 0 aliphatic rings. The van der Waals surface area contributed by atoms with Crippen molar-refractivity contribution in [3.05, 3.63) is 52.8 Å². The molecule has 1 N–H and O–H groups in total. The highest BCUT2D eigenvalue weighted by molar-refractivity contribution is 6.12. The summed E-state index contributed by atoms with van der Waals surface area (Å²) in [6, 6.07) is 9.51. The first-order valence-corrected chi connectivity index (χ1v) is 7.60. The van der Waals surface area contributed by atoms with Crippen LogP contribution >= 0.6 is 0 Å². The SMILES string of the molecule is Cc1ccc(NC(=O)c2cc(C(C)C)nc3onc(C)c23)cc1. The predicted molar refractivity (Wildman–Crippen MR) is 89.8 cm³/mol. The topological polar surface area (TPSA) is 68.0 Å². The van der Waals surface area contributed by atoms with Crippen molar-refractivity contribution in [1.82, 2.24) is 10.1 Å². The molecule has 23 heavy (non-hydrogen) atoms. The second-order valence-corrected chi connectivity index (χ2v) is 6.02. The molecule has 0 aliphatic carbocycles. The number of aryl methyl sites for hydroxylation is 2. The monoisotopic (exact) mass is 309 g/mol. The molecule has 2 aromatic heterocycles. The summed E-state index contributed by atoms with van der Waals surface area (Å²) in [6.45, 7) is 7.87. The number of benzene rings is 1. The molecule has 3 rings (SSSR count). The van der Waals surface area contributed by atoms with Crippen molar-refractivity contribution >= 4 is 22.7 Å². The Morgan fingerprint density at radius 3 is 2.52 bits per heavy atom. The molecule has 0 saturated carbocycles. The van der Waals surface area contributed by atoms with Crippen LogP contribution in [-0.2, 0) is 0 Å². The molecule has 5 heteroatoms. The van der Waals surface area contributed by atoms with E-state index in [-0.39, 0.29) is 11.8 Å². The third kappa shape index (κ3) is 2.95. The van der Waals surface area contributed by atoms with Crippen LogP contribution in [0.3, 0.4) is 0 Å². The summed E-state index contributed by atoms with van der Waals surface area (Å²) in [5, 5.41) is 7.53. The van der Waals surface area contributed by atoms with E-state index >= 15 is 0 Å². The molecular formula is C18H19N3O2. The predicted octanol–water partition coefficient (Wildman–Crippen LogP) is 4.22. The molecule has 118 valence electrons. The van der Waals surface area contributed by atoms with E-state index in [1.807, 2.05) is 58.0 Å². The van der Waals surface area contributed by atoms with Gasteiger partial charge in [0, 0.05) is 11.4 Å². The summed E-state index contributed by atoms with van der Waals surface area (Å²) in [5.74, 6) is 0.00480. The molecular weight excluding hydrogens is 290 g/mol. The van der Waals surface area contributed by atoms with Crippen LogP contribution in [0.5, 0.6) is 0 Å². The highest BCUT2D eigenvalue weighted by atomic mass is 16.5. The molecule has 0 fully saturated rings. The number of nitrogens with one attached hydrogen (secondary N) is 1. The molecule has 0 aliphatic heterocycles. The maximum absolute atomic E-state index is 12.7.